The smallest absolute Gasteiger partial charge is 0.397 e. The first kappa shape index (κ1) is 25.5. The molecule has 0 saturated carbocycles. The molecule has 0 bridgehead atoms. The highest BCUT2D eigenvalue weighted by Gasteiger charge is 2.30. The van der Waals surface area contributed by atoms with Crippen LogP contribution in [-0.4, -0.2) is 71.6 Å². The van der Waals surface area contributed by atoms with Gasteiger partial charge < -0.3 is 20.9 Å². The third-order valence-corrected chi connectivity index (χ3v) is 7.25. The minimum atomic E-state index is -4.29. The Kier molecular flexibility index (Phi) is 8.33. The Morgan fingerprint density at radius 1 is 1.00 bits per heavy atom. The van der Waals surface area contributed by atoms with Gasteiger partial charge in [-0.3, -0.25) is 4.90 Å². The number of piperidine rings is 1. The predicted octanol–water partition coefficient (Wildman–Crippen LogP) is 4.49. The Morgan fingerprint density at radius 3 is 2.29 bits per heavy atom. The van der Waals surface area contributed by atoms with Gasteiger partial charge in [0.2, 0.25) is 0 Å². The summed E-state index contributed by atoms with van der Waals surface area (Å²) in [6.07, 6.45) is 1.36. The molecule has 0 unspecified atom stereocenters. The number of nitrogens with zero attached hydrogens (tertiary/aromatic N) is 4. The number of alkyl halides is 3. The molecular weight excluding hydrogens is 473 g/mol. The molecule has 2 aromatic rings. The third kappa shape index (κ3) is 7.20. The highest BCUT2D eigenvalue weighted by Crippen LogP contribution is 2.30. The van der Waals surface area contributed by atoms with E-state index in [-0.39, 0.29) is 0 Å². The minimum Gasteiger partial charge on any atom is -0.397 e. The maximum atomic E-state index is 12.8. The van der Waals surface area contributed by atoms with Gasteiger partial charge in [-0.05, 0) is 68.6 Å². The van der Waals surface area contributed by atoms with Gasteiger partial charge in [-0.15, -0.1) is 0 Å². The quantitative estimate of drug-likeness (QED) is 0.537. The maximum absolute atomic E-state index is 12.8. The van der Waals surface area contributed by atoms with Crippen molar-refractivity contribution in [2.75, 3.05) is 61.8 Å². The van der Waals surface area contributed by atoms with Crippen molar-refractivity contribution in [1.82, 2.24) is 14.8 Å². The highest BCUT2D eigenvalue weighted by atomic mass is 32.1. The highest BCUT2D eigenvalue weighted by molar-refractivity contribution is 7.80. The molecule has 2 saturated heterocycles. The largest absolute Gasteiger partial charge is 0.416 e. The van der Waals surface area contributed by atoms with Crippen LogP contribution in [0.25, 0.3) is 0 Å². The number of piperazine rings is 1. The lowest BCUT2D eigenvalue weighted by Crippen LogP contribution is -2.47. The zero-order chi connectivity index (χ0) is 24.8. The number of likely N-dealkylation sites (tertiary alicyclic amines) is 1. The van der Waals surface area contributed by atoms with E-state index in [2.05, 4.69) is 25.0 Å². The molecule has 3 heterocycles. The van der Waals surface area contributed by atoms with Crippen molar-refractivity contribution < 1.29 is 13.2 Å². The van der Waals surface area contributed by atoms with Gasteiger partial charge in [0.25, 0.3) is 0 Å². The van der Waals surface area contributed by atoms with Gasteiger partial charge in [-0.25, -0.2) is 4.98 Å². The van der Waals surface area contributed by atoms with E-state index in [4.69, 9.17) is 18.0 Å². The Hall–Kier alpha value is -2.59. The van der Waals surface area contributed by atoms with E-state index in [1.807, 2.05) is 12.1 Å². The molecule has 0 aliphatic carbocycles. The number of benzene rings is 1. The van der Waals surface area contributed by atoms with Crippen molar-refractivity contribution in [1.29, 1.82) is 0 Å². The number of pyridine rings is 1. The molecule has 0 spiro atoms. The van der Waals surface area contributed by atoms with Gasteiger partial charge in [0.1, 0.15) is 5.82 Å². The Morgan fingerprint density at radius 2 is 1.69 bits per heavy atom. The van der Waals surface area contributed by atoms with Crippen molar-refractivity contribution >= 4 is 34.4 Å². The van der Waals surface area contributed by atoms with Crippen LogP contribution in [0.1, 0.15) is 31.2 Å². The molecule has 2 aliphatic heterocycles. The van der Waals surface area contributed by atoms with E-state index in [1.165, 1.54) is 0 Å². The molecule has 3 N–H and O–H groups in total. The number of anilines is 3. The molecule has 2 fully saturated rings. The zero-order valence-corrected chi connectivity index (χ0v) is 20.6. The van der Waals surface area contributed by atoms with Crippen LogP contribution in [0, 0.1) is 0 Å². The average molecular weight is 507 g/mol. The molecule has 0 atom stereocenters. The number of hydrogen-bond acceptors (Lipinski definition) is 6. The van der Waals surface area contributed by atoms with E-state index < -0.39 is 11.7 Å². The first-order valence-electron chi connectivity index (χ1n) is 12.2. The fourth-order valence-corrected chi connectivity index (χ4v) is 5.00. The van der Waals surface area contributed by atoms with E-state index in [9.17, 15) is 13.2 Å². The summed E-state index contributed by atoms with van der Waals surface area (Å²) in [7, 11) is 0. The second-order valence-corrected chi connectivity index (χ2v) is 9.72. The lowest BCUT2D eigenvalue weighted by molar-refractivity contribution is -0.137. The molecule has 0 amide bonds. The number of nitrogen functional groups attached to an aromatic ring is 1. The summed E-state index contributed by atoms with van der Waals surface area (Å²) in [5.74, 6) is 0.860. The fraction of sp³-hybridized carbons (Fsp3) is 0.520. The molecule has 190 valence electrons. The minimum absolute atomic E-state index is 0.395. The van der Waals surface area contributed by atoms with Gasteiger partial charge in [-0.2, -0.15) is 13.2 Å². The lowest BCUT2D eigenvalue weighted by Gasteiger charge is -2.37. The number of hydrogen-bond donors (Lipinski definition) is 2. The van der Waals surface area contributed by atoms with E-state index in [1.54, 1.807) is 18.3 Å². The van der Waals surface area contributed by atoms with Crippen LogP contribution in [0.2, 0.25) is 0 Å². The summed E-state index contributed by atoms with van der Waals surface area (Å²) in [5, 5.41) is 3.48. The van der Waals surface area contributed by atoms with E-state index >= 15 is 0 Å². The first-order valence-corrected chi connectivity index (χ1v) is 12.6. The van der Waals surface area contributed by atoms with Crippen molar-refractivity contribution in [3.05, 3.63) is 48.2 Å². The summed E-state index contributed by atoms with van der Waals surface area (Å²) in [4.78, 5) is 12.3. The summed E-state index contributed by atoms with van der Waals surface area (Å²) in [6.45, 7) is 6.35. The van der Waals surface area contributed by atoms with Crippen molar-refractivity contribution in [3.8, 4) is 0 Å². The normalized spacial score (nSPS) is 18.0. The van der Waals surface area contributed by atoms with Crippen LogP contribution in [-0.2, 0) is 6.18 Å². The fourth-order valence-electron chi connectivity index (χ4n) is 4.68. The van der Waals surface area contributed by atoms with Crippen molar-refractivity contribution in [2.24, 2.45) is 0 Å². The predicted molar refractivity (Wildman–Crippen MR) is 139 cm³/mol. The molecule has 4 rings (SSSR count). The second-order valence-electron chi connectivity index (χ2n) is 9.25. The monoisotopic (exact) mass is 506 g/mol. The van der Waals surface area contributed by atoms with Crippen LogP contribution in [0.15, 0.2) is 42.6 Å². The van der Waals surface area contributed by atoms with Gasteiger partial charge in [-0.1, -0.05) is 12.2 Å². The summed E-state index contributed by atoms with van der Waals surface area (Å²) in [5.41, 5.74) is 6.61. The molecule has 0 radical (unpaired) electrons. The van der Waals surface area contributed by atoms with Gasteiger partial charge >= 0.3 is 6.18 Å². The SMILES string of the molecule is Nc1ccc(NC2CCN(C(=S)CCCN3CCN(c4ccc(C(F)(F)F)cc4)CC3)CC2)nc1. The van der Waals surface area contributed by atoms with Crippen LogP contribution < -0.4 is 16.0 Å². The van der Waals surface area contributed by atoms with Gasteiger partial charge in [0.15, 0.2) is 0 Å². The zero-order valence-electron chi connectivity index (χ0n) is 19.8. The molecule has 35 heavy (non-hydrogen) atoms. The number of nitrogens with two attached hydrogens (primary N) is 1. The standard InChI is InChI=1S/C25H33F3N6S/c26-25(27,28)19-3-6-22(7-4-19)33-16-14-32(15-17-33)11-1-2-24(35)34-12-9-21(10-13-34)31-23-8-5-20(29)18-30-23/h3-8,18,21H,1-2,9-17,29H2,(H,30,31). The Bertz CT molecular complexity index is 951. The third-order valence-electron chi connectivity index (χ3n) is 6.78. The Labute approximate surface area is 210 Å². The van der Waals surface area contributed by atoms with Gasteiger partial charge in [0, 0.05) is 51.0 Å². The van der Waals surface area contributed by atoms with Crippen molar-refractivity contribution in [2.45, 2.75) is 37.9 Å². The summed E-state index contributed by atoms with van der Waals surface area (Å²) >= 11 is 5.72. The topological polar surface area (TPSA) is 60.7 Å². The maximum Gasteiger partial charge on any atom is 0.416 e. The van der Waals surface area contributed by atoms with Crippen molar-refractivity contribution in [3.63, 3.8) is 0 Å². The molecular formula is C25H33F3N6S. The average Bonchev–Trinajstić information content (AvgIpc) is 2.86. The van der Waals surface area contributed by atoms with Crippen LogP contribution >= 0.6 is 12.2 Å². The molecule has 10 heteroatoms. The number of rotatable bonds is 7. The molecule has 2 aliphatic rings. The van der Waals surface area contributed by atoms with Crippen LogP contribution in [0.5, 0.6) is 0 Å². The van der Waals surface area contributed by atoms with Crippen LogP contribution in [0.4, 0.5) is 30.4 Å². The first-order chi connectivity index (χ1) is 16.8. The lowest BCUT2D eigenvalue weighted by atomic mass is 10.0. The molecule has 1 aromatic carbocycles. The number of aromatic nitrogens is 1. The summed E-state index contributed by atoms with van der Waals surface area (Å²) in [6, 6.07) is 9.63. The number of halogens is 3. The number of nitrogens with one attached hydrogen (secondary N) is 1. The molecule has 6 nitrogen and oxygen atoms in total. The van der Waals surface area contributed by atoms with E-state index in [0.717, 1.165) is 100 Å². The van der Waals surface area contributed by atoms with Gasteiger partial charge in [0.05, 0.1) is 22.4 Å². The second kappa shape index (κ2) is 11.4. The van der Waals surface area contributed by atoms with E-state index in [0.29, 0.717) is 11.7 Å². The molecule has 1 aromatic heterocycles. The Balaban J connectivity index is 1.12. The van der Waals surface area contributed by atoms with Crippen LogP contribution in [0.3, 0.4) is 0 Å². The summed E-state index contributed by atoms with van der Waals surface area (Å²) < 4.78 is 38.3. The number of thiocarbonyl (C=S) groups is 1.